The van der Waals surface area contributed by atoms with Crippen LogP contribution in [0.25, 0.3) is 11.0 Å². The Labute approximate surface area is 220 Å². The summed E-state index contributed by atoms with van der Waals surface area (Å²) >= 11 is 6.24. The number of aliphatic hydroxyl groups excluding tert-OH is 4. The molecule has 1 aliphatic rings. The Bertz CT molecular complexity index is 1320. The molecule has 1 saturated heterocycles. The molecule has 0 saturated carbocycles. The fraction of sp³-hybridized carbons (Fsp3) is 0.455. The third-order valence-electron chi connectivity index (χ3n) is 6.40. The standard InChI is InChI=1S/C22H27ClFN4O9P/c1-11(12-2-4-13(24)5-3-12)26-15-6-17(23)27-20-14(15)7-25-28(20)21-19(32)18(31)16(37-21)8-36-22(9-29,10-30)38(33,34)35/h2-7,11,16,18-19,21,29-32H,8-10H2,1H3,(H,26,27)(H2,33,34,35)/t11-,16+,18+,19+,21+/m0/s1. The van der Waals surface area contributed by atoms with Gasteiger partial charge in [-0.1, -0.05) is 23.7 Å². The molecule has 3 aromatic rings. The lowest BCUT2D eigenvalue weighted by molar-refractivity contribution is -0.121. The lowest BCUT2D eigenvalue weighted by atomic mass is 10.1. The molecule has 4 rings (SSSR count). The highest BCUT2D eigenvalue weighted by atomic mass is 35.5. The maximum atomic E-state index is 13.3. The van der Waals surface area contributed by atoms with Crippen molar-refractivity contribution in [2.45, 2.75) is 42.8 Å². The van der Waals surface area contributed by atoms with Gasteiger partial charge in [0, 0.05) is 6.04 Å². The van der Waals surface area contributed by atoms with Gasteiger partial charge in [-0.25, -0.2) is 14.1 Å². The summed E-state index contributed by atoms with van der Waals surface area (Å²) in [7, 11) is -5.13. The van der Waals surface area contributed by atoms with E-state index in [0.717, 1.165) is 5.56 Å². The molecule has 3 heterocycles. The van der Waals surface area contributed by atoms with E-state index < -0.39 is 57.3 Å². The molecule has 0 radical (unpaired) electrons. The maximum Gasteiger partial charge on any atom is 0.361 e. The summed E-state index contributed by atoms with van der Waals surface area (Å²) in [5.41, 5.74) is 1.53. The number of pyridine rings is 1. The van der Waals surface area contributed by atoms with E-state index in [4.69, 9.17) is 21.1 Å². The number of aromatic nitrogens is 3. The minimum Gasteiger partial charge on any atom is -0.393 e. The van der Waals surface area contributed by atoms with Crippen molar-refractivity contribution in [2.75, 3.05) is 25.1 Å². The average molecular weight is 577 g/mol. The highest BCUT2D eigenvalue weighted by Gasteiger charge is 2.51. The molecule has 1 fully saturated rings. The first-order valence-electron chi connectivity index (χ1n) is 11.4. The van der Waals surface area contributed by atoms with Crippen molar-refractivity contribution in [3.8, 4) is 0 Å². The van der Waals surface area contributed by atoms with Crippen molar-refractivity contribution < 1.29 is 48.6 Å². The van der Waals surface area contributed by atoms with Crippen LogP contribution in [0.2, 0.25) is 5.15 Å². The van der Waals surface area contributed by atoms with E-state index in [9.17, 15) is 39.2 Å². The molecule has 0 aliphatic carbocycles. The lowest BCUT2D eigenvalue weighted by Crippen LogP contribution is -2.44. The number of hydrogen-bond donors (Lipinski definition) is 7. The predicted molar refractivity (Wildman–Crippen MR) is 132 cm³/mol. The van der Waals surface area contributed by atoms with Gasteiger partial charge in [0.15, 0.2) is 11.9 Å². The topological polar surface area (TPSA) is 200 Å². The fourth-order valence-corrected chi connectivity index (χ4v) is 4.88. The predicted octanol–water partition coefficient (Wildman–Crippen LogP) is 0.891. The van der Waals surface area contributed by atoms with Crippen molar-refractivity contribution in [3.05, 3.63) is 53.1 Å². The zero-order chi connectivity index (χ0) is 27.8. The van der Waals surface area contributed by atoms with Crippen LogP contribution in [0.1, 0.15) is 24.8 Å². The first-order valence-corrected chi connectivity index (χ1v) is 13.4. The van der Waals surface area contributed by atoms with Gasteiger partial charge in [0.05, 0.1) is 37.1 Å². The Hall–Kier alpha value is -2.23. The van der Waals surface area contributed by atoms with Gasteiger partial charge in [-0.2, -0.15) is 5.10 Å². The SMILES string of the molecule is C[C@H](Nc1cc(Cl)nc2c1cnn2[C@@H]1O[C@H](COC(CO)(CO)P(=O)(O)O)[C@@H](O)[C@H]1O)c1ccc(F)cc1. The van der Waals surface area contributed by atoms with Crippen LogP contribution in [0.5, 0.6) is 0 Å². The second-order valence-corrected chi connectivity index (χ2v) is 11.2. The average Bonchev–Trinajstić information content (AvgIpc) is 3.40. The summed E-state index contributed by atoms with van der Waals surface area (Å²) in [5.74, 6) is -0.363. The number of aliphatic hydroxyl groups is 4. The van der Waals surface area contributed by atoms with E-state index in [2.05, 4.69) is 15.4 Å². The van der Waals surface area contributed by atoms with Crippen LogP contribution in [0.15, 0.2) is 36.5 Å². The lowest BCUT2D eigenvalue weighted by Gasteiger charge is -2.31. The van der Waals surface area contributed by atoms with Crippen LogP contribution in [-0.4, -0.2) is 88.5 Å². The Morgan fingerprint density at radius 3 is 2.50 bits per heavy atom. The minimum absolute atomic E-state index is 0.0818. The molecule has 0 amide bonds. The van der Waals surface area contributed by atoms with Crippen molar-refractivity contribution in [1.29, 1.82) is 0 Å². The summed E-state index contributed by atoms with van der Waals surface area (Å²) in [4.78, 5) is 23.3. The van der Waals surface area contributed by atoms with Gasteiger partial charge < -0.3 is 45.0 Å². The first-order chi connectivity index (χ1) is 17.9. The van der Waals surface area contributed by atoms with Gasteiger partial charge in [-0.15, -0.1) is 0 Å². The molecule has 13 nitrogen and oxygen atoms in total. The number of hydrogen-bond acceptors (Lipinski definition) is 10. The smallest absolute Gasteiger partial charge is 0.361 e. The Balaban J connectivity index is 1.57. The number of fused-ring (bicyclic) bond motifs is 1. The third kappa shape index (κ3) is 5.42. The Kier molecular flexibility index (Phi) is 8.40. The molecule has 208 valence electrons. The molecule has 7 N–H and O–H groups in total. The Morgan fingerprint density at radius 1 is 1.24 bits per heavy atom. The molecule has 16 heteroatoms. The zero-order valence-electron chi connectivity index (χ0n) is 19.9. The molecular formula is C22H27ClFN4O9P. The van der Waals surface area contributed by atoms with Gasteiger partial charge in [-0.05, 0) is 30.7 Å². The van der Waals surface area contributed by atoms with Crippen molar-refractivity contribution in [3.63, 3.8) is 0 Å². The summed E-state index contributed by atoms with van der Waals surface area (Å²) < 4.78 is 37.1. The molecule has 5 atom stereocenters. The van der Waals surface area contributed by atoms with Crippen LogP contribution in [0.4, 0.5) is 10.1 Å². The van der Waals surface area contributed by atoms with Gasteiger partial charge in [0.1, 0.15) is 29.3 Å². The normalized spacial score (nSPS) is 23.2. The van der Waals surface area contributed by atoms with Crippen LogP contribution in [-0.2, 0) is 14.0 Å². The zero-order valence-corrected chi connectivity index (χ0v) is 21.6. The van der Waals surface area contributed by atoms with E-state index in [-0.39, 0.29) is 22.7 Å². The van der Waals surface area contributed by atoms with E-state index in [0.29, 0.717) is 11.1 Å². The number of ether oxygens (including phenoxy) is 2. The Morgan fingerprint density at radius 2 is 1.89 bits per heavy atom. The monoisotopic (exact) mass is 576 g/mol. The van der Waals surface area contributed by atoms with Crippen molar-refractivity contribution >= 4 is 35.9 Å². The highest BCUT2D eigenvalue weighted by molar-refractivity contribution is 7.53. The molecule has 0 unspecified atom stereocenters. The van der Waals surface area contributed by atoms with E-state index >= 15 is 0 Å². The molecule has 1 aliphatic heterocycles. The third-order valence-corrected chi connectivity index (χ3v) is 8.06. The van der Waals surface area contributed by atoms with E-state index in [1.165, 1.54) is 23.0 Å². The highest BCUT2D eigenvalue weighted by Crippen LogP contribution is 2.51. The second-order valence-electron chi connectivity index (χ2n) is 8.90. The molecular weight excluding hydrogens is 550 g/mol. The fourth-order valence-electron chi connectivity index (χ4n) is 4.08. The first kappa shape index (κ1) is 28.8. The largest absolute Gasteiger partial charge is 0.393 e. The van der Waals surface area contributed by atoms with Crippen LogP contribution >= 0.6 is 19.2 Å². The van der Waals surface area contributed by atoms with Gasteiger partial charge in [0.25, 0.3) is 0 Å². The maximum absolute atomic E-state index is 13.3. The minimum atomic E-state index is -5.13. The van der Waals surface area contributed by atoms with Crippen LogP contribution in [0.3, 0.4) is 0 Å². The van der Waals surface area contributed by atoms with Gasteiger partial charge >= 0.3 is 7.60 Å². The van der Waals surface area contributed by atoms with Crippen LogP contribution in [0, 0.1) is 5.82 Å². The molecule has 0 spiro atoms. The van der Waals surface area contributed by atoms with E-state index in [1.54, 1.807) is 18.2 Å². The number of anilines is 1. The number of halogens is 2. The van der Waals surface area contributed by atoms with Crippen molar-refractivity contribution in [2.24, 2.45) is 0 Å². The quantitative estimate of drug-likeness (QED) is 0.133. The number of rotatable bonds is 10. The van der Waals surface area contributed by atoms with Gasteiger partial charge in [-0.3, -0.25) is 4.57 Å². The molecule has 38 heavy (non-hydrogen) atoms. The molecule has 2 aromatic heterocycles. The summed E-state index contributed by atoms with van der Waals surface area (Å²) in [6.07, 6.45) is -4.30. The molecule has 1 aromatic carbocycles. The summed E-state index contributed by atoms with van der Waals surface area (Å²) in [6.45, 7) is -1.24. The van der Waals surface area contributed by atoms with Crippen molar-refractivity contribution in [1.82, 2.24) is 14.8 Å². The number of nitrogens with zero attached hydrogens (tertiary/aromatic N) is 3. The number of benzene rings is 1. The summed E-state index contributed by atoms with van der Waals surface area (Å²) in [6, 6.07) is 7.27. The molecule has 0 bridgehead atoms. The van der Waals surface area contributed by atoms with E-state index in [1.807, 2.05) is 6.92 Å². The van der Waals surface area contributed by atoms with Crippen LogP contribution < -0.4 is 5.32 Å². The van der Waals surface area contributed by atoms with Gasteiger partial charge in [0.2, 0.25) is 5.34 Å². The summed E-state index contributed by atoms with van der Waals surface area (Å²) in [5, 5.41) is 45.5. The second kappa shape index (κ2) is 11.1. The number of nitrogens with one attached hydrogen (secondary N) is 1.